The van der Waals surface area contributed by atoms with Crippen LogP contribution in [0.2, 0.25) is 5.02 Å². The van der Waals surface area contributed by atoms with Gasteiger partial charge in [-0.15, -0.1) is 11.8 Å². The molecule has 2 rings (SSSR count). The molecule has 0 fully saturated rings. The molecule has 0 atom stereocenters. The Bertz CT molecular complexity index is 545. The van der Waals surface area contributed by atoms with E-state index in [4.69, 9.17) is 17.3 Å². The van der Waals surface area contributed by atoms with Crippen LogP contribution in [-0.2, 0) is 12.3 Å². The molecule has 18 heavy (non-hydrogen) atoms. The lowest BCUT2D eigenvalue weighted by Crippen LogP contribution is -2.01. The van der Waals surface area contributed by atoms with Crippen LogP contribution in [0.25, 0.3) is 0 Å². The summed E-state index contributed by atoms with van der Waals surface area (Å²) in [7, 11) is 0. The van der Waals surface area contributed by atoms with Crippen molar-refractivity contribution in [3.8, 4) is 0 Å². The number of hydrogen-bond donors (Lipinski definition) is 1. The smallest absolute Gasteiger partial charge is 0.128 e. The van der Waals surface area contributed by atoms with Crippen LogP contribution in [0, 0.1) is 5.82 Å². The number of halogens is 2. The minimum atomic E-state index is -0.248. The van der Waals surface area contributed by atoms with Crippen molar-refractivity contribution in [1.82, 2.24) is 0 Å². The molecule has 2 aromatic carbocycles. The molecule has 0 saturated carbocycles. The first-order valence-corrected chi connectivity index (χ1v) is 6.92. The predicted octanol–water partition coefficient (Wildman–Crippen LogP) is 4.23. The van der Waals surface area contributed by atoms with Crippen molar-refractivity contribution in [3.05, 3.63) is 64.4 Å². The zero-order valence-electron chi connectivity index (χ0n) is 9.70. The predicted molar refractivity (Wildman–Crippen MR) is 75.3 cm³/mol. The third-order valence-corrected chi connectivity index (χ3v) is 4.14. The van der Waals surface area contributed by atoms with Gasteiger partial charge in [-0.3, -0.25) is 0 Å². The Labute approximate surface area is 115 Å². The maximum Gasteiger partial charge on any atom is 0.128 e. The van der Waals surface area contributed by atoms with Crippen molar-refractivity contribution in [2.24, 2.45) is 5.73 Å². The van der Waals surface area contributed by atoms with Gasteiger partial charge in [-0.1, -0.05) is 35.9 Å². The van der Waals surface area contributed by atoms with Gasteiger partial charge in [-0.2, -0.15) is 0 Å². The highest BCUT2D eigenvalue weighted by atomic mass is 35.5. The fraction of sp³-hybridized carbons (Fsp3) is 0.143. The molecule has 0 aliphatic rings. The molecule has 0 aliphatic heterocycles. The van der Waals surface area contributed by atoms with Gasteiger partial charge in [0.25, 0.3) is 0 Å². The van der Waals surface area contributed by atoms with Crippen molar-refractivity contribution in [2.75, 3.05) is 0 Å². The average Bonchev–Trinajstić information content (AvgIpc) is 2.38. The molecule has 0 heterocycles. The monoisotopic (exact) mass is 281 g/mol. The van der Waals surface area contributed by atoms with Crippen LogP contribution in [0.3, 0.4) is 0 Å². The first-order chi connectivity index (χ1) is 8.72. The molecule has 0 spiro atoms. The highest BCUT2D eigenvalue weighted by Gasteiger charge is 2.08. The van der Waals surface area contributed by atoms with Gasteiger partial charge in [-0.05, 0) is 23.8 Å². The first kappa shape index (κ1) is 13.4. The molecule has 0 unspecified atom stereocenters. The Morgan fingerprint density at radius 2 is 1.89 bits per heavy atom. The molecule has 0 radical (unpaired) electrons. The maximum absolute atomic E-state index is 13.5. The van der Waals surface area contributed by atoms with Crippen LogP contribution in [-0.4, -0.2) is 0 Å². The lowest BCUT2D eigenvalue weighted by Gasteiger charge is -2.09. The molecule has 0 aromatic heterocycles. The summed E-state index contributed by atoms with van der Waals surface area (Å²) >= 11 is 7.63. The number of benzene rings is 2. The van der Waals surface area contributed by atoms with Crippen molar-refractivity contribution in [1.29, 1.82) is 0 Å². The fourth-order valence-electron chi connectivity index (χ4n) is 1.64. The molecule has 0 amide bonds. The van der Waals surface area contributed by atoms with Gasteiger partial charge in [0.05, 0.1) is 0 Å². The van der Waals surface area contributed by atoms with E-state index >= 15 is 0 Å². The number of hydrogen-bond acceptors (Lipinski definition) is 2. The van der Waals surface area contributed by atoms with E-state index in [1.54, 1.807) is 17.8 Å². The van der Waals surface area contributed by atoms with Crippen molar-refractivity contribution in [3.63, 3.8) is 0 Å². The molecule has 94 valence electrons. The van der Waals surface area contributed by atoms with Crippen LogP contribution in [0.15, 0.2) is 47.4 Å². The highest BCUT2D eigenvalue weighted by Crippen LogP contribution is 2.29. The van der Waals surface area contributed by atoms with Gasteiger partial charge in [-0.25, -0.2) is 4.39 Å². The summed E-state index contributed by atoms with van der Waals surface area (Å²) in [6, 6.07) is 12.7. The van der Waals surface area contributed by atoms with Gasteiger partial charge in [0, 0.05) is 27.8 Å². The van der Waals surface area contributed by atoms with Crippen molar-refractivity contribution in [2.45, 2.75) is 17.2 Å². The minimum Gasteiger partial charge on any atom is -0.326 e. The molecular weight excluding hydrogens is 269 g/mol. The SMILES string of the molecule is NCc1c(F)cccc1SCc1ccccc1Cl. The Kier molecular flexibility index (Phi) is 4.64. The molecule has 0 aliphatic carbocycles. The van der Waals surface area contributed by atoms with Gasteiger partial charge in [0.1, 0.15) is 5.82 Å². The summed E-state index contributed by atoms with van der Waals surface area (Å²) in [4.78, 5) is 0.873. The maximum atomic E-state index is 13.5. The van der Waals surface area contributed by atoms with E-state index in [1.165, 1.54) is 6.07 Å². The zero-order valence-corrected chi connectivity index (χ0v) is 11.3. The lowest BCUT2D eigenvalue weighted by atomic mass is 10.2. The Morgan fingerprint density at radius 1 is 1.11 bits per heavy atom. The van der Waals surface area contributed by atoms with Gasteiger partial charge in [0.15, 0.2) is 0 Å². The second-order valence-electron chi connectivity index (χ2n) is 3.80. The zero-order chi connectivity index (χ0) is 13.0. The van der Waals surface area contributed by atoms with Gasteiger partial charge >= 0.3 is 0 Å². The van der Waals surface area contributed by atoms with E-state index in [0.29, 0.717) is 11.3 Å². The van der Waals surface area contributed by atoms with Gasteiger partial charge < -0.3 is 5.73 Å². The van der Waals surface area contributed by atoms with Crippen molar-refractivity contribution >= 4 is 23.4 Å². The third kappa shape index (κ3) is 3.05. The summed E-state index contributed by atoms with van der Waals surface area (Å²) in [5.41, 5.74) is 7.17. The third-order valence-electron chi connectivity index (χ3n) is 2.62. The van der Waals surface area contributed by atoms with E-state index in [9.17, 15) is 4.39 Å². The average molecular weight is 282 g/mol. The minimum absolute atomic E-state index is 0.206. The molecule has 0 bridgehead atoms. The van der Waals surface area contributed by atoms with E-state index in [-0.39, 0.29) is 12.4 Å². The molecule has 4 heteroatoms. The lowest BCUT2D eigenvalue weighted by molar-refractivity contribution is 0.604. The quantitative estimate of drug-likeness (QED) is 0.849. The molecule has 2 aromatic rings. The Balaban J connectivity index is 2.16. The summed E-state index contributed by atoms with van der Waals surface area (Å²) in [6.07, 6.45) is 0. The Hall–Kier alpha value is -1.03. The van der Waals surface area contributed by atoms with Gasteiger partial charge in [0.2, 0.25) is 0 Å². The number of nitrogens with two attached hydrogens (primary N) is 1. The van der Waals surface area contributed by atoms with Crippen LogP contribution in [0.5, 0.6) is 0 Å². The second kappa shape index (κ2) is 6.23. The molecular formula is C14H13ClFNS. The summed E-state index contributed by atoms with van der Waals surface area (Å²) in [5, 5.41) is 0.732. The van der Waals surface area contributed by atoms with E-state index in [2.05, 4.69) is 0 Å². The molecule has 2 N–H and O–H groups in total. The summed E-state index contributed by atoms with van der Waals surface area (Å²) in [6.45, 7) is 0.206. The van der Waals surface area contributed by atoms with Crippen molar-refractivity contribution < 1.29 is 4.39 Å². The van der Waals surface area contributed by atoms with Crippen LogP contribution in [0.1, 0.15) is 11.1 Å². The first-order valence-electron chi connectivity index (χ1n) is 5.56. The van der Waals surface area contributed by atoms with E-state index in [0.717, 1.165) is 15.5 Å². The fourth-order valence-corrected chi connectivity index (χ4v) is 3.02. The molecule has 0 saturated heterocycles. The summed E-state index contributed by atoms with van der Waals surface area (Å²) < 4.78 is 13.5. The normalized spacial score (nSPS) is 10.6. The Morgan fingerprint density at radius 3 is 2.61 bits per heavy atom. The second-order valence-corrected chi connectivity index (χ2v) is 5.23. The standard InChI is InChI=1S/C14H13ClFNS/c15-12-5-2-1-4-10(12)9-18-14-7-3-6-13(16)11(14)8-17/h1-7H,8-9,17H2. The molecule has 1 nitrogen and oxygen atoms in total. The topological polar surface area (TPSA) is 26.0 Å². The van der Waals surface area contributed by atoms with Crippen LogP contribution >= 0.6 is 23.4 Å². The largest absolute Gasteiger partial charge is 0.326 e. The summed E-state index contributed by atoms with van der Waals surface area (Å²) in [5.74, 6) is 0.456. The van der Waals surface area contributed by atoms with E-state index in [1.807, 2.05) is 30.3 Å². The number of thioether (sulfide) groups is 1. The van der Waals surface area contributed by atoms with E-state index < -0.39 is 0 Å². The van der Waals surface area contributed by atoms with Crippen LogP contribution < -0.4 is 5.73 Å². The van der Waals surface area contributed by atoms with Crippen LogP contribution in [0.4, 0.5) is 4.39 Å². The number of rotatable bonds is 4. The highest BCUT2D eigenvalue weighted by molar-refractivity contribution is 7.98.